The Morgan fingerprint density at radius 3 is 2.83 bits per heavy atom. The first kappa shape index (κ1) is 11.3. The summed E-state index contributed by atoms with van der Waals surface area (Å²) in [6, 6.07) is 8.36. The third kappa shape index (κ3) is 1.70. The van der Waals surface area contributed by atoms with E-state index >= 15 is 0 Å². The standard InChI is InChI=1S/C13H6ClNO2S/c14-7-3-4-9-8(6-7)11(13(17)15-9)12(16)10-2-1-5-18-10/h1-6H. The summed E-state index contributed by atoms with van der Waals surface area (Å²) >= 11 is 7.19. The van der Waals surface area contributed by atoms with Gasteiger partial charge in [-0.25, -0.2) is 4.99 Å². The number of ketones is 1. The van der Waals surface area contributed by atoms with E-state index in [1.807, 2.05) is 0 Å². The lowest BCUT2D eigenvalue weighted by Gasteiger charge is -1.96. The van der Waals surface area contributed by atoms with Gasteiger partial charge in [0.2, 0.25) is 5.78 Å². The average molecular weight is 276 g/mol. The summed E-state index contributed by atoms with van der Waals surface area (Å²) in [5, 5.41) is 3.30. The fourth-order valence-electron chi connectivity index (χ4n) is 1.84. The number of hydrogen-bond donors (Lipinski definition) is 0. The molecule has 0 aliphatic carbocycles. The van der Waals surface area contributed by atoms with Crippen LogP contribution in [-0.2, 0) is 4.79 Å². The van der Waals surface area contributed by atoms with Gasteiger partial charge in [-0.05, 0) is 29.6 Å². The number of Topliss-reactive ketones (excluding diaryl/α,β-unsaturated/α-hetero) is 1. The Morgan fingerprint density at radius 1 is 1.28 bits per heavy atom. The first-order valence-corrected chi connectivity index (χ1v) is 6.44. The Bertz CT molecular complexity index is 778. The smallest absolute Gasteiger partial charge is 0.282 e. The zero-order valence-electron chi connectivity index (χ0n) is 9.01. The normalized spacial score (nSPS) is 13.4. The van der Waals surface area contributed by atoms with Crippen molar-refractivity contribution >= 4 is 40.2 Å². The van der Waals surface area contributed by atoms with Crippen molar-refractivity contribution in [2.75, 3.05) is 0 Å². The maximum absolute atomic E-state index is 12.2. The summed E-state index contributed by atoms with van der Waals surface area (Å²) < 4.78 is 0. The molecule has 1 aliphatic rings. The second kappa shape index (κ2) is 4.15. The molecule has 2 aromatic rings. The van der Waals surface area contributed by atoms with Gasteiger partial charge in [0.15, 0.2) is 0 Å². The summed E-state index contributed by atoms with van der Waals surface area (Å²) in [6.45, 7) is 0. The molecule has 0 unspecified atom stereocenters. The van der Waals surface area contributed by atoms with Gasteiger partial charge >= 0.3 is 0 Å². The van der Waals surface area contributed by atoms with E-state index in [4.69, 9.17) is 11.6 Å². The molecular weight excluding hydrogens is 270 g/mol. The molecule has 1 aromatic heterocycles. The third-order valence-electron chi connectivity index (χ3n) is 2.64. The highest BCUT2D eigenvalue weighted by atomic mass is 35.5. The van der Waals surface area contributed by atoms with Gasteiger partial charge in [-0.1, -0.05) is 17.7 Å². The molecule has 0 saturated carbocycles. The first-order valence-electron chi connectivity index (χ1n) is 5.18. The number of carbonyl (C=O) groups is 2. The molecule has 0 atom stereocenters. The molecule has 0 fully saturated rings. The quantitative estimate of drug-likeness (QED) is 0.782. The van der Waals surface area contributed by atoms with Crippen molar-refractivity contribution in [3.05, 3.63) is 56.2 Å². The van der Waals surface area contributed by atoms with Gasteiger partial charge in [-0.3, -0.25) is 9.59 Å². The lowest BCUT2D eigenvalue weighted by molar-refractivity contribution is -0.112. The number of amides is 1. The molecule has 1 amide bonds. The van der Waals surface area contributed by atoms with Crippen LogP contribution in [0.2, 0.25) is 5.02 Å². The summed E-state index contributed by atoms with van der Waals surface area (Å²) in [7, 11) is 0. The molecule has 18 heavy (non-hydrogen) atoms. The molecule has 0 spiro atoms. The molecular formula is C13H6ClNO2S. The first-order chi connectivity index (χ1) is 8.66. The zero-order valence-corrected chi connectivity index (χ0v) is 10.6. The third-order valence-corrected chi connectivity index (χ3v) is 3.74. The number of thiophene rings is 1. The van der Waals surface area contributed by atoms with Crippen LogP contribution >= 0.6 is 22.9 Å². The molecule has 0 bridgehead atoms. The van der Waals surface area contributed by atoms with Crippen LogP contribution in [-0.4, -0.2) is 11.7 Å². The van der Waals surface area contributed by atoms with E-state index in [0.717, 1.165) is 0 Å². The van der Waals surface area contributed by atoms with Crippen LogP contribution in [0, 0.1) is 0 Å². The lowest BCUT2D eigenvalue weighted by Crippen LogP contribution is -2.25. The predicted octanol–water partition coefficient (Wildman–Crippen LogP) is 1.59. The monoisotopic (exact) mass is 275 g/mol. The van der Waals surface area contributed by atoms with E-state index in [9.17, 15) is 9.59 Å². The predicted molar refractivity (Wildman–Crippen MR) is 69.3 cm³/mol. The fourth-order valence-corrected chi connectivity index (χ4v) is 2.68. The van der Waals surface area contributed by atoms with E-state index in [1.54, 1.807) is 35.7 Å². The van der Waals surface area contributed by atoms with Gasteiger partial charge in [0.1, 0.15) is 0 Å². The largest absolute Gasteiger partial charge is 0.287 e. The van der Waals surface area contributed by atoms with Crippen molar-refractivity contribution in [2.45, 2.75) is 0 Å². The minimum absolute atomic E-state index is 0.106. The fraction of sp³-hybridized carbons (Fsp3) is 0. The van der Waals surface area contributed by atoms with Gasteiger partial charge in [0, 0.05) is 10.2 Å². The van der Waals surface area contributed by atoms with Gasteiger partial charge in [-0.2, -0.15) is 0 Å². The summed E-state index contributed by atoms with van der Waals surface area (Å²) in [6.07, 6.45) is 0. The van der Waals surface area contributed by atoms with Gasteiger partial charge in [-0.15, -0.1) is 11.3 Å². The van der Waals surface area contributed by atoms with Crippen LogP contribution in [0.25, 0.3) is 5.57 Å². The number of benzene rings is 1. The Hall–Kier alpha value is -1.78. The SMILES string of the molecule is O=C1N=c2ccc(Cl)cc2=C1C(=O)c1cccs1. The van der Waals surface area contributed by atoms with Gasteiger partial charge in [0.05, 0.1) is 15.8 Å². The topological polar surface area (TPSA) is 46.5 Å². The van der Waals surface area contributed by atoms with E-state index < -0.39 is 5.91 Å². The molecule has 0 saturated heterocycles. The second-order valence-corrected chi connectivity index (χ2v) is 5.14. The number of rotatable bonds is 2. The summed E-state index contributed by atoms with van der Waals surface area (Å²) in [5.41, 5.74) is 0.106. The summed E-state index contributed by atoms with van der Waals surface area (Å²) in [5.74, 6) is -0.787. The van der Waals surface area contributed by atoms with Crippen molar-refractivity contribution in [1.82, 2.24) is 0 Å². The lowest BCUT2D eigenvalue weighted by atomic mass is 10.1. The van der Waals surface area contributed by atoms with Gasteiger partial charge in [0.25, 0.3) is 5.91 Å². The highest BCUT2D eigenvalue weighted by molar-refractivity contribution is 7.12. The Morgan fingerprint density at radius 2 is 2.11 bits per heavy atom. The second-order valence-electron chi connectivity index (χ2n) is 3.76. The average Bonchev–Trinajstić information content (AvgIpc) is 2.94. The molecule has 1 aromatic carbocycles. The van der Waals surface area contributed by atoms with E-state index in [2.05, 4.69) is 4.99 Å². The molecule has 3 rings (SSSR count). The van der Waals surface area contributed by atoms with Crippen molar-refractivity contribution in [3.8, 4) is 0 Å². The minimum Gasteiger partial charge on any atom is -0.287 e. The van der Waals surface area contributed by atoms with Crippen LogP contribution in [0.1, 0.15) is 9.67 Å². The molecule has 3 nitrogen and oxygen atoms in total. The van der Waals surface area contributed by atoms with E-state index in [-0.39, 0.29) is 11.4 Å². The summed E-state index contributed by atoms with van der Waals surface area (Å²) in [4.78, 5) is 28.4. The number of carbonyl (C=O) groups excluding carboxylic acids is 2. The molecule has 88 valence electrons. The highest BCUT2D eigenvalue weighted by Gasteiger charge is 2.25. The van der Waals surface area contributed by atoms with E-state index in [0.29, 0.717) is 20.5 Å². The van der Waals surface area contributed by atoms with Crippen molar-refractivity contribution in [3.63, 3.8) is 0 Å². The number of fused-ring (bicyclic) bond motifs is 1. The molecule has 0 radical (unpaired) electrons. The van der Waals surface area contributed by atoms with Crippen LogP contribution in [0.5, 0.6) is 0 Å². The number of hydrogen-bond acceptors (Lipinski definition) is 3. The number of nitrogens with zero attached hydrogens (tertiary/aromatic N) is 1. The van der Waals surface area contributed by atoms with Crippen molar-refractivity contribution in [1.29, 1.82) is 0 Å². The molecule has 1 aliphatic heterocycles. The Balaban J connectivity index is 2.29. The van der Waals surface area contributed by atoms with E-state index in [1.165, 1.54) is 11.3 Å². The van der Waals surface area contributed by atoms with Crippen LogP contribution in [0.4, 0.5) is 0 Å². The van der Waals surface area contributed by atoms with Crippen LogP contribution in [0.3, 0.4) is 0 Å². The van der Waals surface area contributed by atoms with Crippen LogP contribution in [0.15, 0.2) is 40.7 Å². The maximum Gasteiger partial charge on any atom is 0.282 e. The van der Waals surface area contributed by atoms with Gasteiger partial charge < -0.3 is 0 Å². The van der Waals surface area contributed by atoms with Crippen LogP contribution < -0.4 is 10.6 Å². The van der Waals surface area contributed by atoms with Crippen molar-refractivity contribution in [2.24, 2.45) is 4.99 Å². The molecule has 0 N–H and O–H groups in total. The molecule has 5 heteroatoms. The highest BCUT2D eigenvalue weighted by Crippen LogP contribution is 2.16. The Kier molecular flexibility index (Phi) is 2.61. The number of halogens is 1. The molecule has 2 heterocycles. The minimum atomic E-state index is -0.495. The Labute approximate surface area is 111 Å². The van der Waals surface area contributed by atoms with Crippen molar-refractivity contribution < 1.29 is 9.59 Å². The zero-order chi connectivity index (χ0) is 12.7. The maximum atomic E-state index is 12.2.